The molecule has 0 bridgehead atoms. The van der Waals surface area contributed by atoms with Crippen LogP contribution in [0.1, 0.15) is 11.4 Å². The fraction of sp³-hybridized carbons (Fsp3) is 0.192. The summed E-state index contributed by atoms with van der Waals surface area (Å²) in [5.41, 5.74) is 3.34. The van der Waals surface area contributed by atoms with Crippen LogP contribution in [0.5, 0.6) is 0 Å². The topological polar surface area (TPSA) is 70.2 Å². The number of aromatic nitrogens is 3. The number of rotatable bonds is 6. The van der Waals surface area contributed by atoms with Crippen LogP contribution in [0.4, 0.5) is 5.95 Å². The van der Waals surface area contributed by atoms with Crippen molar-refractivity contribution in [3.63, 3.8) is 0 Å². The molecule has 0 saturated carbocycles. The number of benzene rings is 2. The van der Waals surface area contributed by atoms with E-state index in [-0.39, 0.29) is 0 Å². The molecule has 0 radical (unpaired) electrons. The molecule has 2 aliphatic heterocycles. The zero-order valence-electron chi connectivity index (χ0n) is 19.0. The van der Waals surface area contributed by atoms with E-state index in [9.17, 15) is 5.26 Å². The summed E-state index contributed by atoms with van der Waals surface area (Å²) in [5.74, 6) is 1.20. The minimum atomic E-state index is 0.452. The van der Waals surface area contributed by atoms with E-state index in [1.54, 1.807) is 0 Å². The number of halogens is 1. The zero-order valence-corrected chi connectivity index (χ0v) is 20.5. The summed E-state index contributed by atoms with van der Waals surface area (Å²) in [6.45, 7) is 7.15. The van der Waals surface area contributed by atoms with Gasteiger partial charge in [-0.05, 0) is 29.8 Å². The van der Waals surface area contributed by atoms with Crippen LogP contribution in [-0.2, 0) is 4.74 Å². The highest BCUT2D eigenvalue weighted by molar-refractivity contribution is 8.06. The summed E-state index contributed by atoms with van der Waals surface area (Å²) >= 11 is 7.60. The maximum absolute atomic E-state index is 10.4. The molecule has 0 spiro atoms. The largest absolute Gasteiger partial charge is 0.378 e. The number of morpholine rings is 1. The Hall–Kier alpha value is -3.51. The zero-order chi connectivity index (χ0) is 24.2. The van der Waals surface area contributed by atoms with E-state index >= 15 is 0 Å². The first-order valence-electron chi connectivity index (χ1n) is 11.2. The van der Waals surface area contributed by atoms with Crippen molar-refractivity contribution in [3.05, 3.63) is 94.1 Å². The van der Waals surface area contributed by atoms with E-state index in [0.29, 0.717) is 55.2 Å². The number of para-hydroxylation sites is 1. The molecule has 5 rings (SSSR count). The van der Waals surface area contributed by atoms with Crippen LogP contribution in [0.15, 0.2) is 77.7 Å². The number of nitrogens with zero attached hydrogens (tertiary/aromatic N) is 6. The molecular weight excluding hydrogens is 480 g/mol. The fourth-order valence-corrected chi connectivity index (χ4v) is 5.28. The molecule has 0 N–H and O–H groups in total. The predicted octanol–water partition coefficient (Wildman–Crippen LogP) is 5.18. The highest BCUT2D eigenvalue weighted by Crippen LogP contribution is 2.43. The molecule has 3 aromatic rings. The van der Waals surface area contributed by atoms with Crippen molar-refractivity contribution in [2.24, 2.45) is 0 Å². The molecule has 9 heteroatoms. The molecule has 2 aromatic carbocycles. The SMILES string of the molecule is C=CCN1C(c2ccc(Cl)cc2)=CS/C1=C(\C#N)c1nnc(N2CCOCC2)n1-c1ccccc1. The third-order valence-corrected chi connectivity index (χ3v) is 7.01. The summed E-state index contributed by atoms with van der Waals surface area (Å²) in [5, 5.41) is 23.0. The lowest BCUT2D eigenvalue weighted by atomic mass is 10.1. The van der Waals surface area contributed by atoms with Crippen LogP contribution >= 0.6 is 23.4 Å². The number of thioether (sulfide) groups is 1. The second-order valence-corrected chi connectivity index (χ2v) is 9.21. The average Bonchev–Trinajstić information content (AvgIpc) is 3.52. The highest BCUT2D eigenvalue weighted by Gasteiger charge is 2.30. The Labute approximate surface area is 213 Å². The number of hydrogen-bond acceptors (Lipinski definition) is 7. The van der Waals surface area contributed by atoms with E-state index in [1.165, 1.54) is 11.8 Å². The van der Waals surface area contributed by atoms with Gasteiger partial charge in [0.15, 0.2) is 5.82 Å². The standard InChI is InChI=1S/C26H23ClN6OS/c1-2-12-32-23(19-8-10-20(27)11-9-19)18-35-25(32)22(17-28)24-29-30-26(31-13-15-34-16-14-31)33(24)21-6-4-3-5-7-21/h2-11,18H,1,12-16H2/b25-22+. The van der Waals surface area contributed by atoms with Crippen molar-refractivity contribution in [1.82, 2.24) is 19.7 Å². The molecule has 0 aliphatic carbocycles. The van der Waals surface area contributed by atoms with E-state index < -0.39 is 0 Å². The molecule has 3 heterocycles. The third kappa shape index (κ3) is 4.58. The van der Waals surface area contributed by atoms with Crippen molar-refractivity contribution in [3.8, 4) is 11.8 Å². The van der Waals surface area contributed by atoms with Gasteiger partial charge in [-0.1, -0.05) is 59.8 Å². The second-order valence-electron chi connectivity index (χ2n) is 7.91. The Kier molecular flexibility index (Phi) is 6.91. The molecule has 0 unspecified atom stereocenters. The molecule has 0 amide bonds. The first-order chi connectivity index (χ1) is 17.2. The Morgan fingerprint density at radius 3 is 2.54 bits per heavy atom. The van der Waals surface area contributed by atoms with Gasteiger partial charge in [0.05, 0.1) is 24.6 Å². The minimum absolute atomic E-state index is 0.452. The Balaban J connectivity index is 1.63. The van der Waals surface area contributed by atoms with Gasteiger partial charge in [0, 0.05) is 30.1 Å². The van der Waals surface area contributed by atoms with Gasteiger partial charge in [-0.25, -0.2) is 0 Å². The van der Waals surface area contributed by atoms with Crippen molar-refractivity contribution < 1.29 is 4.74 Å². The highest BCUT2D eigenvalue weighted by atomic mass is 35.5. The van der Waals surface area contributed by atoms with E-state index in [1.807, 2.05) is 70.6 Å². The van der Waals surface area contributed by atoms with Gasteiger partial charge in [-0.15, -0.1) is 16.8 Å². The second kappa shape index (κ2) is 10.4. The number of anilines is 1. The van der Waals surface area contributed by atoms with Crippen molar-refractivity contribution in [1.29, 1.82) is 5.26 Å². The van der Waals surface area contributed by atoms with Crippen molar-refractivity contribution in [2.45, 2.75) is 0 Å². The first kappa shape index (κ1) is 23.2. The summed E-state index contributed by atoms with van der Waals surface area (Å²) in [4.78, 5) is 4.23. The molecular formula is C26H23ClN6OS. The number of nitriles is 1. The van der Waals surface area contributed by atoms with E-state index in [4.69, 9.17) is 16.3 Å². The van der Waals surface area contributed by atoms with Crippen LogP contribution in [0.25, 0.3) is 17.0 Å². The fourth-order valence-electron chi connectivity index (χ4n) is 4.11. The Morgan fingerprint density at radius 2 is 1.86 bits per heavy atom. The molecule has 176 valence electrons. The van der Waals surface area contributed by atoms with Crippen LogP contribution < -0.4 is 4.90 Å². The van der Waals surface area contributed by atoms with Crippen molar-refractivity contribution >= 4 is 40.6 Å². The Bertz CT molecular complexity index is 1320. The molecule has 2 aliphatic rings. The molecule has 0 atom stereocenters. The van der Waals surface area contributed by atoms with Crippen LogP contribution in [0, 0.1) is 11.3 Å². The summed E-state index contributed by atoms with van der Waals surface area (Å²) < 4.78 is 7.49. The molecule has 1 saturated heterocycles. The maximum Gasteiger partial charge on any atom is 0.232 e. The average molecular weight is 503 g/mol. The lowest BCUT2D eigenvalue weighted by Crippen LogP contribution is -2.38. The molecule has 7 nitrogen and oxygen atoms in total. The first-order valence-corrected chi connectivity index (χ1v) is 12.5. The monoisotopic (exact) mass is 502 g/mol. The predicted molar refractivity (Wildman–Crippen MR) is 141 cm³/mol. The van der Waals surface area contributed by atoms with Gasteiger partial charge in [0.25, 0.3) is 0 Å². The lowest BCUT2D eigenvalue weighted by molar-refractivity contribution is 0.122. The van der Waals surface area contributed by atoms with Gasteiger partial charge < -0.3 is 14.5 Å². The number of hydrogen-bond donors (Lipinski definition) is 0. The normalized spacial score (nSPS) is 17.2. The summed E-state index contributed by atoms with van der Waals surface area (Å²) in [6.07, 6.45) is 1.83. The van der Waals surface area contributed by atoms with Gasteiger partial charge in [-0.2, -0.15) is 5.26 Å². The van der Waals surface area contributed by atoms with Crippen LogP contribution in [0.2, 0.25) is 5.02 Å². The molecule has 35 heavy (non-hydrogen) atoms. The Morgan fingerprint density at radius 1 is 1.11 bits per heavy atom. The van der Waals surface area contributed by atoms with Gasteiger partial charge in [-0.3, -0.25) is 4.57 Å². The molecule has 1 fully saturated rings. The van der Waals surface area contributed by atoms with E-state index in [0.717, 1.165) is 22.0 Å². The number of ether oxygens (including phenoxy) is 1. The number of allylic oxidation sites excluding steroid dienone is 1. The summed E-state index contributed by atoms with van der Waals surface area (Å²) in [6, 6.07) is 20.0. The van der Waals surface area contributed by atoms with E-state index in [2.05, 4.69) is 32.6 Å². The van der Waals surface area contributed by atoms with Crippen LogP contribution in [-0.4, -0.2) is 52.5 Å². The third-order valence-electron chi connectivity index (χ3n) is 5.77. The maximum atomic E-state index is 10.4. The quantitative estimate of drug-likeness (QED) is 0.339. The molecule has 1 aromatic heterocycles. The smallest absolute Gasteiger partial charge is 0.232 e. The van der Waals surface area contributed by atoms with Gasteiger partial charge in [0.2, 0.25) is 5.95 Å². The summed E-state index contributed by atoms with van der Waals surface area (Å²) in [7, 11) is 0. The minimum Gasteiger partial charge on any atom is -0.378 e. The lowest BCUT2D eigenvalue weighted by Gasteiger charge is -2.28. The van der Waals surface area contributed by atoms with Gasteiger partial charge in [0.1, 0.15) is 16.7 Å². The van der Waals surface area contributed by atoms with Crippen molar-refractivity contribution in [2.75, 3.05) is 37.7 Å². The van der Waals surface area contributed by atoms with Crippen LogP contribution in [0.3, 0.4) is 0 Å². The van der Waals surface area contributed by atoms with Gasteiger partial charge >= 0.3 is 0 Å².